The Morgan fingerprint density at radius 3 is 2.95 bits per heavy atom. The summed E-state index contributed by atoms with van der Waals surface area (Å²) < 4.78 is 10.6. The van der Waals surface area contributed by atoms with Gasteiger partial charge in [-0.05, 0) is 5.56 Å². The summed E-state index contributed by atoms with van der Waals surface area (Å²) in [7, 11) is 0. The Morgan fingerprint density at radius 1 is 1.38 bits per heavy atom. The van der Waals surface area contributed by atoms with Gasteiger partial charge in [0.05, 0.1) is 12.2 Å². The maximum absolute atomic E-state index is 12.1. The van der Waals surface area contributed by atoms with E-state index in [0.717, 1.165) is 22.6 Å². The summed E-state index contributed by atoms with van der Waals surface area (Å²) in [6.07, 6.45) is 0.354. The molecule has 0 bridgehead atoms. The molecule has 1 aromatic carbocycles. The molecule has 2 heterocycles. The van der Waals surface area contributed by atoms with Crippen molar-refractivity contribution in [3.8, 4) is 0 Å². The van der Waals surface area contributed by atoms with Crippen molar-refractivity contribution in [2.75, 3.05) is 6.54 Å². The van der Waals surface area contributed by atoms with Crippen LogP contribution in [0.4, 0.5) is 4.79 Å². The first kappa shape index (κ1) is 14.0. The molecule has 0 fully saturated rings. The van der Waals surface area contributed by atoms with Gasteiger partial charge in [-0.25, -0.2) is 4.79 Å². The van der Waals surface area contributed by atoms with Crippen LogP contribution in [-0.4, -0.2) is 22.7 Å². The Kier molecular flexibility index (Phi) is 4.15. The van der Waals surface area contributed by atoms with Crippen molar-refractivity contribution in [2.24, 2.45) is 0 Å². The number of rotatable bonds is 3. The van der Waals surface area contributed by atoms with Crippen molar-refractivity contribution >= 4 is 18.7 Å². The highest BCUT2D eigenvalue weighted by Crippen LogP contribution is 2.24. The maximum atomic E-state index is 12.1. The van der Waals surface area contributed by atoms with Gasteiger partial charge in [-0.15, -0.1) is 0 Å². The summed E-state index contributed by atoms with van der Waals surface area (Å²) in [5.74, 6) is 1.36. The molecule has 6 heteroatoms. The fourth-order valence-electron chi connectivity index (χ4n) is 2.35. The normalized spacial score (nSPS) is 13.9. The van der Waals surface area contributed by atoms with Crippen LogP contribution < -0.4 is 0 Å². The van der Waals surface area contributed by atoms with Crippen LogP contribution >= 0.6 is 12.6 Å². The second-order valence-corrected chi connectivity index (χ2v) is 5.22. The van der Waals surface area contributed by atoms with Crippen molar-refractivity contribution in [1.82, 2.24) is 10.1 Å². The zero-order chi connectivity index (χ0) is 14.7. The van der Waals surface area contributed by atoms with Crippen LogP contribution in [0.15, 0.2) is 34.9 Å². The lowest BCUT2D eigenvalue weighted by Crippen LogP contribution is -2.36. The molecule has 0 saturated heterocycles. The second-order valence-electron chi connectivity index (χ2n) is 4.90. The van der Waals surface area contributed by atoms with Crippen molar-refractivity contribution in [3.63, 3.8) is 0 Å². The van der Waals surface area contributed by atoms with E-state index in [1.165, 1.54) is 0 Å². The Balaban J connectivity index is 1.61. The lowest BCUT2D eigenvalue weighted by Gasteiger charge is -2.25. The summed E-state index contributed by atoms with van der Waals surface area (Å²) in [6, 6.07) is 9.64. The zero-order valence-corrected chi connectivity index (χ0v) is 12.4. The average Bonchev–Trinajstić information content (AvgIpc) is 2.95. The third-order valence-electron chi connectivity index (χ3n) is 3.52. The molecular weight excluding hydrogens is 288 g/mol. The molecule has 110 valence electrons. The highest BCUT2D eigenvalue weighted by molar-refractivity contribution is 7.79. The summed E-state index contributed by atoms with van der Waals surface area (Å²) in [4.78, 5) is 13.8. The second kappa shape index (κ2) is 6.22. The van der Waals surface area contributed by atoms with E-state index in [2.05, 4.69) is 17.8 Å². The molecule has 1 amide bonds. The fraction of sp³-hybridized carbons (Fsp3) is 0.333. The first-order chi connectivity index (χ1) is 10.3. The van der Waals surface area contributed by atoms with Gasteiger partial charge in [-0.3, -0.25) is 0 Å². The molecular formula is C15H16N2O3S. The van der Waals surface area contributed by atoms with Crippen LogP contribution in [0.5, 0.6) is 0 Å². The van der Waals surface area contributed by atoms with Gasteiger partial charge < -0.3 is 14.2 Å². The van der Waals surface area contributed by atoms with E-state index in [9.17, 15) is 4.79 Å². The molecule has 21 heavy (non-hydrogen) atoms. The van der Waals surface area contributed by atoms with Gasteiger partial charge in [0, 0.05) is 24.3 Å². The van der Waals surface area contributed by atoms with Crippen LogP contribution in [0.3, 0.4) is 0 Å². The number of carbonyl (C=O) groups excluding carboxylic acids is 1. The largest absolute Gasteiger partial charge is 0.445 e. The quantitative estimate of drug-likeness (QED) is 0.886. The molecule has 0 aliphatic carbocycles. The van der Waals surface area contributed by atoms with E-state index < -0.39 is 0 Å². The fourth-order valence-corrected chi connectivity index (χ4v) is 2.60. The minimum Gasteiger partial charge on any atom is -0.445 e. The average molecular weight is 304 g/mol. The van der Waals surface area contributed by atoms with Crippen LogP contribution in [0.25, 0.3) is 0 Å². The van der Waals surface area contributed by atoms with Gasteiger partial charge in [-0.2, -0.15) is 12.6 Å². The number of hydrogen-bond acceptors (Lipinski definition) is 5. The summed E-state index contributed by atoms with van der Waals surface area (Å²) in [6.45, 7) is 1.34. The van der Waals surface area contributed by atoms with Gasteiger partial charge in [-0.1, -0.05) is 35.5 Å². The van der Waals surface area contributed by atoms with Gasteiger partial charge in [0.15, 0.2) is 0 Å². The standard InChI is InChI=1S/C15H16N2O3S/c18-15(19-9-11-4-2-1-3-5-11)17-7-6-14-12(8-17)13(10-21)16-20-14/h1-5,21H,6-10H2. The smallest absolute Gasteiger partial charge is 0.410 e. The minimum atomic E-state index is -0.309. The first-order valence-electron chi connectivity index (χ1n) is 6.80. The topological polar surface area (TPSA) is 55.6 Å². The molecule has 5 nitrogen and oxygen atoms in total. The van der Waals surface area contributed by atoms with E-state index in [1.54, 1.807) is 4.90 Å². The molecule has 0 spiro atoms. The van der Waals surface area contributed by atoms with Crippen LogP contribution in [0.1, 0.15) is 22.6 Å². The lowest BCUT2D eigenvalue weighted by atomic mass is 10.1. The third kappa shape index (κ3) is 3.05. The van der Waals surface area contributed by atoms with E-state index in [-0.39, 0.29) is 12.7 Å². The summed E-state index contributed by atoms with van der Waals surface area (Å²) in [5.41, 5.74) is 2.74. The van der Waals surface area contributed by atoms with E-state index in [1.807, 2.05) is 30.3 Å². The molecule has 0 atom stereocenters. The first-order valence-corrected chi connectivity index (χ1v) is 7.44. The summed E-state index contributed by atoms with van der Waals surface area (Å²) >= 11 is 4.22. The zero-order valence-electron chi connectivity index (χ0n) is 11.5. The van der Waals surface area contributed by atoms with Gasteiger partial charge in [0.25, 0.3) is 0 Å². The van der Waals surface area contributed by atoms with Crippen molar-refractivity contribution in [3.05, 3.63) is 52.9 Å². The molecule has 1 aromatic heterocycles. The lowest BCUT2D eigenvalue weighted by molar-refractivity contribution is 0.0905. The van der Waals surface area contributed by atoms with E-state index in [0.29, 0.717) is 25.3 Å². The Hall–Kier alpha value is -1.95. The maximum Gasteiger partial charge on any atom is 0.410 e. The molecule has 0 unspecified atom stereocenters. The van der Waals surface area contributed by atoms with Crippen LogP contribution in [-0.2, 0) is 30.1 Å². The minimum absolute atomic E-state index is 0.284. The van der Waals surface area contributed by atoms with Crippen molar-refractivity contribution in [1.29, 1.82) is 0 Å². The molecule has 2 aromatic rings. The number of fused-ring (bicyclic) bond motifs is 1. The van der Waals surface area contributed by atoms with E-state index in [4.69, 9.17) is 9.26 Å². The van der Waals surface area contributed by atoms with Gasteiger partial charge >= 0.3 is 6.09 Å². The molecule has 1 aliphatic heterocycles. The molecule has 1 aliphatic rings. The van der Waals surface area contributed by atoms with Crippen molar-refractivity contribution in [2.45, 2.75) is 25.3 Å². The summed E-state index contributed by atoms with van der Waals surface area (Å²) in [5, 5.41) is 3.97. The number of nitrogens with zero attached hydrogens (tertiary/aromatic N) is 2. The van der Waals surface area contributed by atoms with Crippen molar-refractivity contribution < 1.29 is 14.1 Å². The molecule has 0 N–H and O–H groups in total. The number of aromatic nitrogens is 1. The molecule has 3 rings (SSSR count). The Bertz CT molecular complexity index is 614. The molecule has 0 saturated carbocycles. The highest BCUT2D eigenvalue weighted by Gasteiger charge is 2.27. The predicted molar refractivity (Wildman–Crippen MR) is 79.9 cm³/mol. The van der Waals surface area contributed by atoms with Gasteiger partial charge in [0.1, 0.15) is 12.4 Å². The van der Waals surface area contributed by atoms with Crippen LogP contribution in [0, 0.1) is 0 Å². The van der Waals surface area contributed by atoms with Crippen LogP contribution in [0.2, 0.25) is 0 Å². The number of ether oxygens (including phenoxy) is 1. The van der Waals surface area contributed by atoms with E-state index >= 15 is 0 Å². The monoisotopic (exact) mass is 304 g/mol. The number of benzene rings is 1. The van der Waals surface area contributed by atoms with Gasteiger partial charge in [0.2, 0.25) is 0 Å². The third-order valence-corrected chi connectivity index (χ3v) is 3.82. The number of carbonyl (C=O) groups is 1. The number of hydrogen-bond donors (Lipinski definition) is 1. The Labute approximate surface area is 128 Å². The number of thiol groups is 1. The SMILES string of the molecule is O=C(OCc1ccccc1)N1CCc2onc(CS)c2C1. The Morgan fingerprint density at radius 2 is 2.19 bits per heavy atom. The predicted octanol–water partition coefficient (Wildman–Crippen LogP) is 2.80. The molecule has 0 radical (unpaired) electrons. The number of amides is 1. The highest BCUT2D eigenvalue weighted by atomic mass is 32.1.